The molecule has 2 aliphatic rings. The molecular weight excluding hydrogens is 483 g/mol. The molecule has 3 aromatic rings. The monoisotopic (exact) mass is 518 g/mol. The Hall–Kier alpha value is -3.45. The number of anilines is 1. The molecule has 1 aromatic heterocycles. The lowest BCUT2D eigenvalue weighted by Crippen LogP contribution is -2.38. The van der Waals surface area contributed by atoms with Crippen LogP contribution < -0.4 is 9.64 Å². The Balaban J connectivity index is 1.57. The van der Waals surface area contributed by atoms with Gasteiger partial charge in [0.05, 0.1) is 24.4 Å². The molecule has 6 nitrogen and oxygen atoms in total. The van der Waals surface area contributed by atoms with Crippen LogP contribution in [0, 0.1) is 18.2 Å². The summed E-state index contributed by atoms with van der Waals surface area (Å²) in [6.07, 6.45) is 3.28. The Morgan fingerprint density at radius 1 is 1.16 bits per heavy atom. The van der Waals surface area contributed by atoms with E-state index in [0.29, 0.717) is 17.0 Å². The van der Waals surface area contributed by atoms with Gasteiger partial charge < -0.3 is 19.8 Å². The molecule has 0 spiro atoms. The summed E-state index contributed by atoms with van der Waals surface area (Å²) in [6, 6.07) is 12.4. The second-order valence-electron chi connectivity index (χ2n) is 11.2. The predicted molar refractivity (Wildman–Crippen MR) is 145 cm³/mol. The molecule has 0 aliphatic carbocycles. The number of aryl methyl sites for hydroxylation is 2. The molecule has 0 bridgehead atoms. The van der Waals surface area contributed by atoms with Crippen LogP contribution in [0.25, 0.3) is 11.1 Å². The molecule has 3 heterocycles. The lowest BCUT2D eigenvalue weighted by atomic mass is 9.82. The molecule has 2 aromatic carbocycles. The Labute approximate surface area is 223 Å². The van der Waals surface area contributed by atoms with Gasteiger partial charge in [-0.15, -0.1) is 0 Å². The zero-order valence-electron chi connectivity index (χ0n) is 22.3. The smallest absolute Gasteiger partial charge is 0.307 e. The fourth-order valence-corrected chi connectivity index (χ4v) is 5.71. The lowest BCUT2D eigenvalue weighted by molar-refractivity contribution is -0.136. The van der Waals surface area contributed by atoms with E-state index < -0.39 is 5.97 Å². The molecule has 1 atom stereocenters. The molecule has 200 valence electrons. The molecule has 2 aliphatic heterocycles. The average molecular weight is 519 g/mol. The van der Waals surface area contributed by atoms with Crippen LogP contribution in [0.2, 0.25) is 0 Å². The van der Waals surface area contributed by atoms with Gasteiger partial charge in [0, 0.05) is 29.9 Å². The van der Waals surface area contributed by atoms with Gasteiger partial charge in [0.2, 0.25) is 0 Å². The Bertz CT molecular complexity index is 1340. The summed E-state index contributed by atoms with van der Waals surface area (Å²) in [6.45, 7) is 7.75. The highest BCUT2D eigenvalue weighted by atomic mass is 19.1. The van der Waals surface area contributed by atoms with Gasteiger partial charge in [-0.25, -0.2) is 4.39 Å². The van der Waals surface area contributed by atoms with Crippen LogP contribution in [0.5, 0.6) is 5.75 Å². The van der Waals surface area contributed by atoms with Crippen molar-refractivity contribution in [1.29, 1.82) is 0 Å². The van der Waals surface area contributed by atoms with Gasteiger partial charge in [0.25, 0.3) is 0 Å². The Morgan fingerprint density at radius 3 is 2.53 bits per heavy atom. The van der Waals surface area contributed by atoms with Crippen LogP contribution in [0.1, 0.15) is 67.3 Å². The van der Waals surface area contributed by atoms with E-state index in [1.807, 2.05) is 19.1 Å². The van der Waals surface area contributed by atoms with E-state index in [1.54, 1.807) is 12.1 Å². The number of rotatable bonds is 6. The highest BCUT2D eigenvalue weighted by Gasteiger charge is 2.31. The normalized spacial score (nSPS) is 18.6. The van der Waals surface area contributed by atoms with E-state index >= 15 is 0 Å². The number of hydrogen-bond donors (Lipinski definition) is 2. The van der Waals surface area contributed by atoms with Crippen molar-refractivity contribution in [2.45, 2.75) is 65.6 Å². The maximum Gasteiger partial charge on any atom is 0.307 e. The van der Waals surface area contributed by atoms with Crippen LogP contribution in [-0.4, -0.2) is 34.3 Å². The zero-order valence-corrected chi connectivity index (χ0v) is 22.3. The second kappa shape index (κ2) is 10.4. The van der Waals surface area contributed by atoms with Crippen LogP contribution in [0.15, 0.2) is 42.5 Å². The van der Waals surface area contributed by atoms with Crippen molar-refractivity contribution in [1.82, 2.24) is 4.98 Å². The van der Waals surface area contributed by atoms with Gasteiger partial charge in [0.1, 0.15) is 17.7 Å². The largest absolute Gasteiger partial charge is 0.485 e. The molecule has 38 heavy (non-hydrogen) atoms. The summed E-state index contributed by atoms with van der Waals surface area (Å²) in [5.74, 6) is -0.384. The first-order valence-corrected chi connectivity index (χ1v) is 13.3. The Kier molecular flexibility index (Phi) is 7.14. The SMILES string of the molecule is Cc1nc(CO)c(-c2ccc3c(c2)CCC(c2ccc(F)cc2)O3)c(N2CCC(C)(C)CC2)c1CC(=O)O. The van der Waals surface area contributed by atoms with Gasteiger partial charge in [-0.05, 0) is 79.0 Å². The fourth-order valence-electron chi connectivity index (χ4n) is 5.71. The van der Waals surface area contributed by atoms with Crippen molar-refractivity contribution < 1.29 is 24.1 Å². The van der Waals surface area contributed by atoms with Gasteiger partial charge in [-0.3, -0.25) is 9.78 Å². The molecule has 1 saturated heterocycles. The fraction of sp³-hybridized carbons (Fsp3) is 0.419. The number of ether oxygens (including phenoxy) is 1. The molecule has 1 fully saturated rings. The van der Waals surface area contributed by atoms with E-state index in [9.17, 15) is 19.4 Å². The summed E-state index contributed by atoms with van der Waals surface area (Å²) in [5.41, 5.74) is 6.70. The molecule has 2 N–H and O–H groups in total. The number of carbonyl (C=O) groups is 1. The minimum atomic E-state index is -0.901. The number of carboxylic acid groups (broad SMARTS) is 1. The predicted octanol–water partition coefficient (Wildman–Crippen LogP) is 6.01. The van der Waals surface area contributed by atoms with Crippen molar-refractivity contribution in [3.8, 4) is 16.9 Å². The minimum absolute atomic E-state index is 0.125. The molecule has 0 saturated carbocycles. The van der Waals surface area contributed by atoms with Crippen LogP contribution in [-0.2, 0) is 24.2 Å². The van der Waals surface area contributed by atoms with Crippen molar-refractivity contribution >= 4 is 11.7 Å². The second-order valence-corrected chi connectivity index (χ2v) is 11.2. The number of nitrogens with zero attached hydrogens (tertiary/aromatic N) is 2. The van der Waals surface area contributed by atoms with Gasteiger partial charge in [-0.2, -0.15) is 0 Å². The van der Waals surface area contributed by atoms with Crippen LogP contribution in [0.4, 0.5) is 10.1 Å². The average Bonchev–Trinajstić information content (AvgIpc) is 2.89. The van der Waals surface area contributed by atoms with E-state index in [4.69, 9.17) is 4.74 Å². The van der Waals surface area contributed by atoms with Crippen molar-refractivity contribution in [3.05, 3.63) is 76.4 Å². The van der Waals surface area contributed by atoms with Crippen LogP contribution >= 0.6 is 0 Å². The molecule has 7 heteroatoms. The number of hydrogen-bond acceptors (Lipinski definition) is 5. The van der Waals surface area contributed by atoms with E-state index in [0.717, 1.165) is 72.5 Å². The number of aliphatic hydroxyl groups excluding tert-OH is 1. The van der Waals surface area contributed by atoms with Gasteiger partial charge in [0.15, 0.2) is 0 Å². The highest BCUT2D eigenvalue weighted by Crippen LogP contribution is 2.44. The van der Waals surface area contributed by atoms with Crippen molar-refractivity contribution in [2.24, 2.45) is 5.41 Å². The molecule has 5 rings (SSSR count). The summed E-state index contributed by atoms with van der Waals surface area (Å²) < 4.78 is 19.7. The number of aromatic nitrogens is 1. The summed E-state index contributed by atoms with van der Waals surface area (Å²) in [5, 5.41) is 20.1. The first kappa shape index (κ1) is 26.2. The third kappa shape index (κ3) is 5.25. The summed E-state index contributed by atoms with van der Waals surface area (Å²) >= 11 is 0. The zero-order chi connectivity index (χ0) is 27.0. The minimum Gasteiger partial charge on any atom is -0.485 e. The number of aliphatic hydroxyl groups is 1. The number of piperidine rings is 1. The van der Waals surface area contributed by atoms with Gasteiger partial charge >= 0.3 is 5.97 Å². The van der Waals surface area contributed by atoms with Crippen LogP contribution in [0.3, 0.4) is 0 Å². The van der Waals surface area contributed by atoms with E-state index in [1.165, 1.54) is 12.1 Å². The first-order chi connectivity index (χ1) is 18.1. The topological polar surface area (TPSA) is 82.9 Å². The van der Waals surface area contributed by atoms with E-state index in [2.05, 4.69) is 29.8 Å². The number of aliphatic carboxylic acids is 1. The molecular formula is C31H35FN2O4. The highest BCUT2D eigenvalue weighted by molar-refractivity contribution is 5.87. The first-order valence-electron chi connectivity index (χ1n) is 13.3. The molecule has 0 amide bonds. The Morgan fingerprint density at radius 2 is 1.87 bits per heavy atom. The standard InChI is InChI=1S/C31H35FN2O4/c1-19-24(17-28(36)37)30(34-14-12-31(2,3)13-15-34)29(25(18-35)33-19)22-7-11-27-21(16-22)6-10-26(38-27)20-4-8-23(32)9-5-20/h4-5,7-9,11,16,26,35H,6,10,12-15,17-18H2,1-3H3,(H,36,37). The maximum absolute atomic E-state index is 13.4. The number of halogens is 1. The lowest BCUT2D eigenvalue weighted by Gasteiger charge is -2.40. The number of fused-ring (bicyclic) bond motifs is 1. The van der Waals surface area contributed by atoms with Gasteiger partial charge in [-0.1, -0.05) is 32.0 Å². The third-order valence-electron chi connectivity index (χ3n) is 8.00. The van der Waals surface area contributed by atoms with Crippen molar-refractivity contribution in [2.75, 3.05) is 18.0 Å². The maximum atomic E-state index is 13.4. The number of carboxylic acids is 1. The quantitative estimate of drug-likeness (QED) is 0.416. The summed E-state index contributed by atoms with van der Waals surface area (Å²) in [4.78, 5) is 18.8. The number of pyridine rings is 1. The van der Waals surface area contributed by atoms with E-state index in [-0.39, 0.29) is 30.4 Å². The summed E-state index contributed by atoms with van der Waals surface area (Å²) in [7, 11) is 0. The number of benzene rings is 2. The van der Waals surface area contributed by atoms with Crippen molar-refractivity contribution in [3.63, 3.8) is 0 Å². The third-order valence-corrected chi connectivity index (χ3v) is 8.00. The molecule has 1 unspecified atom stereocenters. The molecule has 0 radical (unpaired) electrons.